The summed E-state index contributed by atoms with van der Waals surface area (Å²) in [6, 6.07) is 11.9. The monoisotopic (exact) mass is 339 g/mol. The number of carboxylic acid groups (broad SMARTS) is 1. The Balaban J connectivity index is 1.94. The van der Waals surface area contributed by atoms with E-state index in [-0.39, 0.29) is 6.04 Å². The highest BCUT2D eigenvalue weighted by Crippen LogP contribution is 2.19. The van der Waals surface area contributed by atoms with Crippen LogP contribution in [0.5, 0.6) is 0 Å². The molecule has 1 aromatic carbocycles. The summed E-state index contributed by atoms with van der Waals surface area (Å²) in [5.41, 5.74) is 1.21. The van der Waals surface area contributed by atoms with Crippen molar-refractivity contribution < 1.29 is 9.90 Å². The maximum Gasteiger partial charge on any atom is 0.345 e. The highest BCUT2D eigenvalue weighted by atomic mass is 79.9. The zero-order chi connectivity index (χ0) is 13.8. The molecule has 0 saturated carbocycles. The highest BCUT2D eigenvalue weighted by molar-refractivity contribution is 9.10. The molecule has 3 nitrogen and oxygen atoms in total. The second kappa shape index (κ2) is 6.32. The molecule has 0 spiro atoms. The van der Waals surface area contributed by atoms with E-state index in [0.717, 1.165) is 9.35 Å². The van der Waals surface area contributed by atoms with Gasteiger partial charge in [-0.05, 0) is 36.8 Å². The average molecular weight is 340 g/mol. The van der Waals surface area contributed by atoms with Crippen molar-refractivity contribution in [1.82, 2.24) is 5.32 Å². The van der Waals surface area contributed by atoms with Crippen LogP contribution < -0.4 is 5.32 Å². The lowest BCUT2D eigenvalue weighted by molar-refractivity contribution is 0.0702. The van der Waals surface area contributed by atoms with E-state index < -0.39 is 5.97 Å². The number of aromatic carboxylic acids is 1. The van der Waals surface area contributed by atoms with Crippen molar-refractivity contribution in [3.63, 3.8) is 0 Å². The molecule has 0 bridgehead atoms. The fourth-order valence-electron chi connectivity index (χ4n) is 1.71. The van der Waals surface area contributed by atoms with Gasteiger partial charge in [0, 0.05) is 21.9 Å². The van der Waals surface area contributed by atoms with Gasteiger partial charge in [-0.25, -0.2) is 4.79 Å². The van der Waals surface area contributed by atoms with Crippen LogP contribution in [0.15, 0.2) is 40.9 Å². The molecule has 1 heterocycles. The fraction of sp³-hybridized carbons (Fsp3) is 0.214. The number of hydrogen-bond donors (Lipinski definition) is 2. The normalized spacial score (nSPS) is 12.3. The molecular weight excluding hydrogens is 326 g/mol. The van der Waals surface area contributed by atoms with Gasteiger partial charge < -0.3 is 10.4 Å². The second-order valence-electron chi connectivity index (χ2n) is 4.23. The first-order valence-corrected chi connectivity index (χ1v) is 7.48. The van der Waals surface area contributed by atoms with E-state index in [1.54, 1.807) is 6.07 Å². The number of benzene rings is 1. The van der Waals surface area contributed by atoms with Crippen LogP contribution in [-0.4, -0.2) is 11.1 Å². The molecule has 0 fully saturated rings. The van der Waals surface area contributed by atoms with Crippen LogP contribution in [-0.2, 0) is 6.54 Å². The smallest absolute Gasteiger partial charge is 0.345 e. The lowest BCUT2D eigenvalue weighted by Gasteiger charge is -2.13. The van der Waals surface area contributed by atoms with Crippen molar-refractivity contribution in [2.75, 3.05) is 0 Å². The molecule has 1 atom stereocenters. The number of rotatable bonds is 5. The van der Waals surface area contributed by atoms with E-state index in [0.29, 0.717) is 11.4 Å². The Bertz CT molecular complexity index is 565. The van der Waals surface area contributed by atoms with Gasteiger partial charge in [0.1, 0.15) is 4.88 Å². The quantitative estimate of drug-likeness (QED) is 0.863. The van der Waals surface area contributed by atoms with E-state index in [4.69, 9.17) is 5.11 Å². The van der Waals surface area contributed by atoms with Crippen molar-refractivity contribution >= 4 is 33.2 Å². The summed E-state index contributed by atoms with van der Waals surface area (Å²) in [5.74, 6) is -0.864. The SMILES string of the molecule is CC(NCc1ccc(C(=O)O)s1)c1ccc(Br)cc1. The van der Waals surface area contributed by atoms with Gasteiger partial charge in [0.15, 0.2) is 0 Å². The predicted octanol–water partition coefficient (Wildman–Crippen LogP) is 4.06. The van der Waals surface area contributed by atoms with Gasteiger partial charge in [-0.2, -0.15) is 0 Å². The van der Waals surface area contributed by atoms with Crippen LogP contribution in [0.2, 0.25) is 0 Å². The summed E-state index contributed by atoms with van der Waals surface area (Å²) >= 11 is 4.72. The molecule has 0 aliphatic carbocycles. The summed E-state index contributed by atoms with van der Waals surface area (Å²) < 4.78 is 1.06. The lowest BCUT2D eigenvalue weighted by Crippen LogP contribution is -2.17. The van der Waals surface area contributed by atoms with Crippen molar-refractivity contribution in [1.29, 1.82) is 0 Å². The lowest BCUT2D eigenvalue weighted by atomic mass is 10.1. The predicted molar refractivity (Wildman–Crippen MR) is 80.7 cm³/mol. The third-order valence-electron chi connectivity index (χ3n) is 2.82. The minimum absolute atomic E-state index is 0.225. The Morgan fingerprint density at radius 2 is 2.00 bits per heavy atom. The van der Waals surface area contributed by atoms with Crippen molar-refractivity contribution in [3.05, 3.63) is 56.2 Å². The van der Waals surface area contributed by atoms with E-state index in [9.17, 15) is 4.79 Å². The van der Waals surface area contributed by atoms with E-state index in [2.05, 4.69) is 40.3 Å². The summed E-state index contributed by atoms with van der Waals surface area (Å²) in [4.78, 5) is 12.2. The standard InChI is InChI=1S/C14H14BrNO2S/c1-9(10-2-4-11(15)5-3-10)16-8-12-6-7-13(19-12)14(17)18/h2-7,9,16H,8H2,1H3,(H,17,18). The molecule has 0 radical (unpaired) electrons. The van der Waals surface area contributed by atoms with Gasteiger partial charge in [-0.1, -0.05) is 28.1 Å². The molecule has 0 aliphatic rings. The van der Waals surface area contributed by atoms with Crippen LogP contribution in [0.1, 0.15) is 33.1 Å². The van der Waals surface area contributed by atoms with Crippen LogP contribution >= 0.6 is 27.3 Å². The topological polar surface area (TPSA) is 49.3 Å². The number of halogens is 1. The van der Waals surface area contributed by atoms with Crippen molar-refractivity contribution in [2.45, 2.75) is 19.5 Å². The molecule has 5 heteroatoms. The molecule has 0 amide bonds. The second-order valence-corrected chi connectivity index (χ2v) is 6.31. The molecule has 100 valence electrons. The Hall–Kier alpha value is -1.17. The van der Waals surface area contributed by atoms with E-state index >= 15 is 0 Å². The first-order chi connectivity index (χ1) is 9.06. The molecule has 0 aliphatic heterocycles. The van der Waals surface area contributed by atoms with E-state index in [1.165, 1.54) is 16.9 Å². The number of hydrogen-bond acceptors (Lipinski definition) is 3. The highest BCUT2D eigenvalue weighted by Gasteiger charge is 2.08. The molecule has 1 aromatic heterocycles. The Morgan fingerprint density at radius 1 is 1.32 bits per heavy atom. The summed E-state index contributed by atoms with van der Waals surface area (Å²) in [7, 11) is 0. The number of carboxylic acids is 1. The zero-order valence-electron chi connectivity index (χ0n) is 10.4. The number of nitrogens with one attached hydrogen (secondary N) is 1. The Labute approximate surface area is 124 Å². The molecule has 19 heavy (non-hydrogen) atoms. The molecule has 0 saturated heterocycles. The largest absolute Gasteiger partial charge is 0.477 e. The minimum Gasteiger partial charge on any atom is -0.477 e. The first kappa shape index (κ1) is 14.2. The molecule has 2 N–H and O–H groups in total. The fourth-order valence-corrected chi connectivity index (χ4v) is 2.77. The first-order valence-electron chi connectivity index (χ1n) is 5.87. The Kier molecular flexibility index (Phi) is 4.74. The van der Waals surface area contributed by atoms with Crippen LogP contribution in [0.25, 0.3) is 0 Å². The number of thiophene rings is 1. The van der Waals surface area contributed by atoms with E-state index in [1.807, 2.05) is 18.2 Å². The van der Waals surface area contributed by atoms with Crippen molar-refractivity contribution in [3.8, 4) is 0 Å². The van der Waals surface area contributed by atoms with Gasteiger partial charge in [-0.15, -0.1) is 11.3 Å². The maximum absolute atomic E-state index is 10.8. The van der Waals surface area contributed by atoms with Gasteiger partial charge in [0.25, 0.3) is 0 Å². The maximum atomic E-state index is 10.8. The van der Waals surface area contributed by atoms with Gasteiger partial charge in [-0.3, -0.25) is 0 Å². The third kappa shape index (κ3) is 3.89. The van der Waals surface area contributed by atoms with Gasteiger partial charge in [0.05, 0.1) is 0 Å². The van der Waals surface area contributed by atoms with Gasteiger partial charge in [0.2, 0.25) is 0 Å². The molecular formula is C14H14BrNO2S. The molecule has 1 unspecified atom stereocenters. The molecule has 2 aromatic rings. The third-order valence-corrected chi connectivity index (χ3v) is 4.43. The molecule has 2 rings (SSSR count). The summed E-state index contributed by atoms with van der Waals surface area (Å²) in [6.07, 6.45) is 0. The van der Waals surface area contributed by atoms with Gasteiger partial charge >= 0.3 is 5.97 Å². The van der Waals surface area contributed by atoms with Crippen LogP contribution in [0.4, 0.5) is 0 Å². The zero-order valence-corrected chi connectivity index (χ0v) is 12.8. The number of carbonyl (C=O) groups is 1. The summed E-state index contributed by atoms with van der Waals surface area (Å²) in [5, 5.41) is 12.3. The minimum atomic E-state index is -0.864. The van der Waals surface area contributed by atoms with Crippen molar-refractivity contribution in [2.24, 2.45) is 0 Å². The Morgan fingerprint density at radius 3 is 2.58 bits per heavy atom. The summed E-state index contributed by atoms with van der Waals surface area (Å²) in [6.45, 7) is 2.77. The van der Waals surface area contributed by atoms with Crippen LogP contribution in [0.3, 0.4) is 0 Å². The van der Waals surface area contributed by atoms with Crippen LogP contribution in [0, 0.1) is 0 Å². The average Bonchev–Trinajstić information content (AvgIpc) is 2.86.